The Hall–Kier alpha value is -2.96. The molecule has 0 aliphatic heterocycles. The molecule has 140 valence electrons. The highest BCUT2D eigenvalue weighted by Crippen LogP contribution is 2.39. The Labute approximate surface area is 154 Å². The first kappa shape index (κ1) is 19.4. The molecule has 0 amide bonds. The fraction of sp³-hybridized carbons (Fsp3) is 0.368. The summed E-state index contributed by atoms with van der Waals surface area (Å²) in [6.45, 7) is 4.73. The largest absolute Gasteiger partial charge is 0.493 e. The van der Waals surface area contributed by atoms with E-state index in [2.05, 4.69) is 34.5 Å². The van der Waals surface area contributed by atoms with Gasteiger partial charge in [-0.05, 0) is 31.5 Å². The van der Waals surface area contributed by atoms with Gasteiger partial charge in [0.1, 0.15) is 0 Å². The summed E-state index contributed by atoms with van der Waals surface area (Å²) in [5.74, 6) is 2.87. The molecular formula is C19H26N4O3. The Morgan fingerprint density at radius 3 is 2.31 bits per heavy atom. The smallest absolute Gasteiger partial charge is 0.219 e. The van der Waals surface area contributed by atoms with Gasteiger partial charge in [0.15, 0.2) is 17.5 Å². The minimum Gasteiger partial charge on any atom is -0.493 e. The van der Waals surface area contributed by atoms with Crippen LogP contribution in [0.25, 0.3) is 0 Å². The first-order valence-corrected chi connectivity index (χ1v) is 8.38. The molecule has 0 aliphatic carbocycles. The van der Waals surface area contributed by atoms with Crippen LogP contribution in [-0.4, -0.2) is 38.3 Å². The number of guanidine groups is 1. The molecule has 0 fully saturated rings. The average Bonchev–Trinajstić information content (AvgIpc) is 2.66. The molecule has 0 saturated carbocycles. The second-order valence-electron chi connectivity index (χ2n) is 5.82. The summed E-state index contributed by atoms with van der Waals surface area (Å²) in [6.07, 6.45) is 1.76. The van der Waals surface area contributed by atoms with E-state index in [1.807, 2.05) is 30.3 Å². The summed E-state index contributed by atoms with van der Waals surface area (Å²) >= 11 is 0. The maximum atomic E-state index is 5.86. The number of ether oxygens (including phenoxy) is 3. The Balaban J connectivity index is 2.04. The van der Waals surface area contributed by atoms with Gasteiger partial charge in [-0.1, -0.05) is 12.1 Å². The highest BCUT2D eigenvalue weighted by atomic mass is 16.5. The van der Waals surface area contributed by atoms with Gasteiger partial charge in [0, 0.05) is 31.9 Å². The van der Waals surface area contributed by atoms with Crippen molar-refractivity contribution < 1.29 is 14.2 Å². The van der Waals surface area contributed by atoms with E-state index in [1.54, 1.807) is 27.5 Å². The zero-order chi connectivity index (χ0) is 18.9. The Morgan fingerprint density at radius 1 is 1.12 bits per heavy atom. The molecule has 7 heteroatoms. The van der Waals surface area contributed by atoms with Gasteiger partial charge in [0.2, 0.25) is 11.6 Å². The van der Waals surface area contributed by atoms with Crippen LogP contribution in [-0.2, 0) is 6.54 Å². The normalized spacial score (nSPS) is 11.2. The maximum absolute atomic E-state index is 5.86. The van der Waals surface area contributed by atoms with Gasteiger partial charge in [-0.15, -0.1) is 0 Å². The van der Waals surface area contributed by atoms with Crippen molar-refractivity contribution in [3.05, 3.63) is 42.1 Å². The molecule has 2 aromatic rings. The van der Waals surface area contributed by atoms with Crippen molar-refractivity contribution in [1.82, 2.24) is 15.6 Å². The van der Waals surface area contributed by atoms with E-state index < -0.39 is 0 Å². The lowest BCUT2D eigenvalue weighted by Gasteiger charge is -2.15. The minimum atomic E-state index is 0.311. The second-order valence-corrected chi connectivity index (χ2v) is 5.82. The minimum absolute atomic E-state index is 0.311. The van der Waals surface area contributed by atoms with Gasteiger partial charge in [0.05, 0.1) is 14.2 Å². The summed E-state index contributed by atoms with van der Waals surface area (Å²) in [4.78, 5) is 8.53. The van der Waals surface area contributed by atoms with Crippen molar-refractivity contribution >= 4 is 5.96 Å². The molecule has 2 N–H and O–H groups in total. The van der Waals surface area contributed by atoms with Crippen molar-refractivity contribution in [2.24, 2.45) is 4.99 Å². The molecule has 26 heavy (non-hydrogen) atoms. The fourth-order valence-corrected chi connectivity index (χ4v) is 2.25. The van der Waals surface area contributed by atoms with Gasteiger partial charge in [0.25, 0.3) is 0 Å². The zero-order valence-corrected chi connectivity index (χ0v) is 15.9. The van der Waals surface area contributed by atoms with Crippen LogP contribution in [0.3, 0.4) is 0 Å². The van der Waals surface area contributed by atoms with Crippen molar-refractivity contribution in [3.8, 4) is 23.1 Å². The third-order valence-corrected chi connectivity index (χ3v) is 3.50. The predicted octanol–water partition coefficient (Wildman–Crippen LogP) is 2.96. The van der Waals surface area contributed by atoms with Gasteiger partial charge < -0.3 is 24.8 Å². The first-order chi connectivity index (χ1) is 12.6. The second kappa shape index (κ2) is 9.50. The molecule has 0 bridgehead atoms. The average molecular weight is 358 g/mol. The molecule has 0 spiro atoms. The SMILES string of the molecule is CN=C(NCc1ccc(Oc2c(OC)cccc2OC)nc1)NC(C)C. The van der Waals surface area contributed by atoms with Crippen LogP contribution in [0.15, 0.2) is 41.5 Å². The number of nitrogens with one attached hydrogen (secondary N) is 2. The van der Waals surface area contributed by atoms with Crippen molar-refractivity contribution in [1.29, 1.82) is 0 Å². The van der Waals surface area contributed by atoms with Crippen molar-refractivity contribution in [2.45, 2.75) is 26.4 Å². The van der Waals surface area contributed by atoms with Gasteiger partial charge in [-0.3, -0.25) is 4.99 Å². The highest BCUT2D eigenvalue weighted by molar-refractivity contribution is 5.79. The van der Waals surface area contributed by atoms with E-state index >= 15 is 0 Å². The lowest BCUT2D eigenvalue weighted by atomic mass is 10.3. The number of aliphatic imine (C=N–C) groups is 1. The summed E-state index contributed by atoms with van der Waals surface area (Å²) in [6, 6.07) is 9.52. The molecule has 2 rings (SSSR count). The highest BCUT2D eigenvalue weighted by Gasteiger charge is 2.13. The molecule has 0 aliphatic rings. The first-order valence-electron chi connectivity index (χ1n) is 8.38. The Morgan fingerprint density at radius 2 is 1.81 bits per heavy atom. The molecule has 1 heterocycles. The van der Waals surface area contributed by atoms with Gasteiger partial charge in [-0.2, -0.15) is 0 Å². The van der Waals surface area contributed by atoms with Crippen molar-refractivity contribution in [3.63, 3.8) is 0 Å². The number of hydrogen-bond acceptors (Lipinski definition) is 5. The molecule has 0 atom stereocenters. The van der Waals surface area contributed by atoms with E-state index in [9.17, 15) is 0 Å². The van der Waals surface area contributed by atoms with E-state index in [0.29, 0.717) is 35.7 Å². The van der Waals surface area contributed by atoms with Crippen LogP contribution >= 0.6 is 0 Å². The van der Waals surface area contributed by atoms with Gasteiger partial charge in [-0.25, -0.2) is 4.98 Å². The van der Waals surface area contributed by atoms with Crippen LogP contribution in [0.4, 0.5) is 0 Å². The van der Waals surface area contributed by atoms with Crippen LogP contribution in [0, 0.1) is 0 Å². The number of benzene rings is 1. The summed E-state index contributed by atoms with van der Waals surface area (Å²) in [5, 5.41) is 6.48. The standard InChI is InChI=1S/C19H26N4O3/c1-13(2)23-19(20-3)22-12-14-9-10-17(21-11-14)26-18-15(24-4)7-6-8-16(18)25-5/h6-11,13H,12H2,1-5H3,(H2,20,22,23). The molecular weight excluding hydrogens is 332 g/mol. The number of hydrogen-bond donors (Lipinski definition) is 2. The predicted molar refractivity (Wildman–Crippen MR) is 102 cm³/mol. The number of nitrogens with zero attached hydrogens (tertiary/aromatic N) is 2. The summed E-state index contributed by atoms with van der Waals surface area (Å²) < 4.78 is 16.5. The molecule has 0 unspecified atom stereocenters. The van der Waals surface area contributed by atoms with Crippen molar-refractivity contribution in [2.75, 3.05) is 21.3 Å². The van der Waals surface area contributed by atoms with Crippen LogP contribution < -0.4 is 24.8 Å². The maximum Gasteiger partial charge on any atom is 0.219 e. The summed E-state index contributed by atoms with van der Waals surface area (Å²) in [7, 11) is 4.91. The molecule has 1 aromatic carbocycles. The third-order valence-electron chi connectivity index (χ3n) is 3.50. The van der Waals surface area contributed by atoms with E-state index in [1.165, 1.54) is 0 Å². The number of pyridine rings is 1. The molecule has 0 radical (unpaired) electrons. The summed E-state index contributed by atoms with van der Waals surface area (Å²) in [5.41, 5.74) is 1.01. The molecule has 0 saturated heterocycles. The van der Waals surface area contributed by atoms with Crippen LogP contribution in [0.1, 0.15) is 19.4 Å². The number of aromatic nitrogens is 1. The van der Waals surface area contributed by atoms with E-state index in [4.69, 9.17) is 14.2 Å². The zero-order valence-electron chi connectivity index (χ0n) is 15.9. The lowest BCUT2D eigenvalue weighted by Crippen LogP contribution is -2.40. The van der Waals surface area contributed by atoms with Crippen LogP contribution in [0.2, 0.25) is 0 Å². The number of para-hydroxylation sites is 1. The van der Waals surface area contributed by atoms with Crippen LogP contribution in [0.5, 0.6) is 23.1 Å². The van der Waals surface area contributed by atoms with E-state index in [-0.39, 0.29) is 0 Å². The lowest BCUT2D eigenvalue weighted by molar-refractivity contribution is 0.342. The topological polar surface area (TPSA) is 77.0 Å². The van der Waals surface area contributed by atoms with Gasteiger partial charge >= 0.3 is 0 Å². The number of methoxy groups -OCH3 is 2. The fourth-order valence-electron chi connectivity index (χ4n) is 2.25. The Kier molecular flexibility index (Phi) is 7.08. The Bertz CT molecular complexity index is 708. The molecule has 7 nitrogen and oxygen atoms in total. The molecule has 1 aromatic heterocycles. The third kappa shape index (κ3) is 5.27. The quantitative estimate of drug-likeness (QED) is 0.585. The number of rotatable bonds is 7. The monoisotopic (exact) mass is 358 g/mol. The van der Waals surface area contributed by atoms with E-state index in [0.717, 1.165) is 11.5 Å².